The number of nitrogens with one attached hydrogen (secondary N) is 2. The van der Waals surface area contributed by atoms with E-state index < -0.39 is 91.4 Å². The van der Waals surface area contributed by atoms with Crippen LogP contribution < -0.4 is 0 Å². The first-order valence-electron chi connectivity index (χ1n) is 18.6. The summed E-state index contributed by atoms with van der Waals surface area (Å²) in [5.74, 6) is -11.5. The zero-order chi connectivity index (χ0) is 37.7. The van der Waals surface area contributed by atoms with Crippen molar-refractivity contribution in [1.82, 2.24) is 19.9 Å². The van der Waals surface area contributed by atoms with Crippen LogP contribution in [0.5, 0.6) is 0 Å². The minimum absolute atomic E-state index is 0.0313. The van der Waals surface area contributed by atoms with Crippen molar-refractivity contribution >= 4 is 45.4 Å². The average Bonchev–Trinajstić information content (AvgIpc) is 3.80. The molecule has 2 N–H and O–H groups in total. The van der Waals surface area contributed by atoms with E-state index in [0.717, 1.165) is 6.42 Å². The third kappa shape index (κ3) is 7.44. The molecule has 0 radical (unpaired) electrons. The highest BCUT2D eigenvalue weighted by Crippen LogP contribution is 2.43. The van der Waals surface area contributed by atoms with Gasteiger partial charge in [-0.05, 0) is 51.4 Å². The number of hydrogen-bond donors (Lipinski definition) is 2. The third-order valence-electron chi connectivity index (χ3n) is 9.90. The van der Waals surface area contributed by atoms with Crippen molar-refractivity contribution in [1.29, 1.82) is 0 Å². The van der Waals surface area contributed by atoms with Crippen molar-refractivity contribution in [2.24, 2.45) is 0 Å². The summed E-state index contributed by atoms with van der Waals surface area (Å²) >= 11 is 0. The van der Waals surface area contributed by atoms with E-state index in [0.29, 0.717) is 70.6 Å². The molecule has 4 nitrogen and oxygen atoms in total. The lowest BCUT2D eigenvalue weighted by Gasteiger charge is -2.06. The van der Waals surface area contributed by atoms with Crippen LogP contribution in [-0.2, 0) is 25.7 Å². The predicted octanol–water partition coefficient (Wildman–Crippen LogP) is 13.3. The summed E-state index contributed by atoms with van der Waals surface area (Å²) in [4.78, 5) is 13.9. The Balaban J connectivity index is 2.08. The Morgan fingerprint density at radius 2 is 0.596 bits per heavy atom. The van der Waals surface area contributed by atoms with Crippen LogP contribution in [0.3, 0.4) is 0 Å². The number of aromatic nitrogens is 4. The second-order valence-electron chi connectivity index (χ2n) is 13.6. The van der Waals surface area contributed by atoms with Gasteiger partial charge in [-0.2, -0.15) is 0 Å². The maximum Gasteiger partial charge on any atom is 0.187 e. The van der Waals surface area contributed by atoms with E-state index >= 15 is 35.1 Å². The van der Waals surface area contributed by atoms with E-state index in [9.17, 15) is 0 Å². The molecule has 0 spiro atoms. The first kappa shape index (κ1) is 39.3. The van der Waals surface area contributed by atoms with E-state index in [1.165, 1.54) is 0 Å². The molecule has 3 aromatic rings. The van der Waals surface area contributed by atoms with Gasteiger partial charge in [0.2, 0.25) is 0 Å². The van der Waals surface area contributed by atoms with Crippen LogP contribution in [0.25, 0.3) is 45.4 Å². The summed E-state index contributed by atoms with van der Waals surface area (Å²) < 4.78 is 129. The molecule has 0 atom stereocenters. The minimum Gasteiger partial charge on any atom is -0.350 e. The first-order chi connectivity index (χ1) is 25.0. The fourth-order valence-corrected chi connectivity index (χ4v) is 7.03. The highest BCUT2D eigenvalue weighted by molar-refractivity contribution is 5.93. The van der Waals surface area contributed by atoms with Crippen molar-refractivity contribution in [3.63, 3.8) is 0 Å². The Labute approximate surface area is 298 Å². The molecule has 0 saturated heterocycles. The van der Waals surface area contributed by atoms with Crippen molar-refractivity contribution in [3.8, 4) is 0 Å². The molecular formula is C40H46F8N4. The molecule has 52 heavy (non-hydrogen) atoms. The molecule has 5 heterocycles. The van der Waals surface area contributed by atoms with Gasteiger partial charge in [-0.15, -0.1) is 0 Å². The van der Waals surface area contributed by atoms with E-state index in [1.54, 1.807) is 0 Å². The predicted molar refractivity (Wildman–Crippen MR) is 192 cm³/mol. The largest absolute Gasteiger partial charge is 0.350 e. The number of H-pyrrole nitrogens is 2. The standard InChI is InChI=1S/C40H46F8N4/c1-5-9-13-17-21-33-25(41)27(43)35(49-33)22(18-14-10-6-2)37-29(45)31(47)39(51-37)24(20-16-12-8-4)40-32(48)30(46)38(52-40)23(19-15-11-7-3)36-28(44)26(42)34(21)50-36/h49-50H,5-20H2,1-4H3. The monoisotopic (exact) mass is 734 g/mol. The van der Waals surface area contributed by atoms with E-state index in [-0.39, 0.29) is 47.9 Å². The number of aromatic amines is 2. The molecular weight excluding hydrogens is 688 g/mol. The van der Waals surface area contributed by atoms with E-state index in [4.69, 9.17) is 0 Å². The summed E-state index contributed by atoms with van der Waals surface area (Å²) in [6, 6.07) is 0. The lowest BCUT2D eigenvalue weighted by Crippen LogP contribution is -1.99. The third-order valence-corrected chi connectivity index (χ3v) is 9.90. The van der Waals surface area contributed by atoms with Gasteiger partial charge in [0, 0.05) is 22.3 Å². The van der Waals surface area contributed by atoms with Gasteiger partial charge in [0.1, 0.15) is 22.8 Å². The normalized spacial score (nSPS) is 13.3. The SMILES string of the molecule is CCCCCc1c2nc(c(CCCCC)c3[nH]c(c(F)c3F)c(CCCCC)c3[nH]c(c(F)c3F)c(CCCCC)c3nc1C(F)=C3F)C(F)=C2F. The van der Waals surface area contributed by atoms with Gasteiger partial charge in [-0.25, -0.2) is 45.1 Å². The molecule has 8 bridgehead atoms. The van der Waals surface area contributed by atoms with Gasteiger partial charge >= 0.3 is 0 Å². The van der Waals surface area contributed by atoms with Crippen molar-refractivity contribution in [3.05, 3.63) is 68.3 Å². The van der Waals surface area contributed by atoms with Crippen LogP contribution >= 0.6 is 0 Å². The Morgan fingerprint density at radius 1 is 0.346 bits per heavy atom. The molecule has 0 fully saturated rings. The number of fused-ring (bicyclic) bond motifs is 8. The molecule has 0 unspecified atom stereocenters. The summed E-state index contributed by atoms with van der Waals surface area (Å²) in [7, 11) is 0. The number of nitrogens with zero attached hydrogens (tertiary/aromatic N) is 2. The lowest BCUT2D eigenvalue weighted by molar-refractivity contribution is 0.525. The summed E-state index contributed by atoms with van der Waals surface area (Å²) in [6.45, 7) is 7.63. The number of halogens is 8. The zero-order valence-corrected chi connectivity index (χ0v) is 30.2. The molecule has 5 rings (SSSR count). The van der Waals surface area contributed by atoms with Crippen LogP contribution in [-0.4, -0.2) is 19.9 Å². The van der Waals surface area contributed by atoms with Gasteiger partial charge in [0.05, 0.1) is 22.1 Å². The second kappa shape index (κ2) is 17.2. The van der Waals surface area contributed by atoms with Gasteiger partial charge in [-0.1, -0.05) is 79.1 Å². The molecule has 0 aliphatic carbocycles. The van der Waals surface area contributed by atoms with Gasteiger partial charge in [-0.3, -0.25) is 0 Å². The maximum atomic E-state index is 16.1. The molecule has 282 valence electrons. The number of rotatable bonds is 16. The van der Waals surface area contributed by atoms with Crippen molar-refractivity contribution in [2.75, 3.05) is 0 Å². The summed E-state index contributed by atoms with van der Waals surface area (Å²) in [6.07, 6.45) is 6.57. The molecule has 3 aromatic heterocycles. The highest BCUT2D eigenvalue weighted by Gasteiger charge is 2.33. The molecule has 12 heteroatoms. The maximum absolute atomic E-state index is 16.1. The van der Waals surface area contributed by atoms with Crippen LogP contribution in [0.1, 0.15) is 150 Å². The number of aryl methyl sites for hydroxylation is 3. The minimum atomic E-state index is -1.46. The second-order valence-corrected chi connectivity index (χ2v) is 13.6. The van der Waals surface area contributed by atoms with E-state index in [1.807, 2.05) is 27.7 Å². The number of unbranched alkanes of at least 4 members (excludes halogenated alkanes) is 8. The molecule has 0 amide bonds. The van der Waals surface area contributed by atoms with Gasteiger partial charge in [0.15, 0.2) is 46.6 Å². The first-order valence-corrected chi connectivity index (χ1v) is 18.6. The van der Waals surface area contributed by atoms with Gasteiger partial charge < -0.3 is 9.97 Å². The topological polar surface area (TPSA) is 57.4 Å². The highest BCUT2D eigenvalue weighted by atomic mass is 19.2. The lowest BCUT2D eigenvalue weighted by atomic mass is 10.0. The zero-order valence-electron chi connectivity index (χ0n) is 30.2. The van der Waals surface area contributed by atoms with Crippen LogP contribution in [0, 0.1) is 23.3 Å². The fraction of sp³-hybridized carbons (Fsp3) is 0.500. The van der Waals surface area contributed by atoms with Crippen molar-refractivity contribution < 1.29 is 35.1 Å². The Hall–Kier alpha value is -3.96. The molecule has 2 aliphatic rings. The molecule has 2 aliphatic heterocycles. The molecule has 0 saturated carbocycles. The van der Waals surface area contributed by atoms with Crippen molar-refractivity contribution in [2.45, 2.75) is 130 Å². The fourth-order valence-electron chi connectivity index (χ4n) is 7.03. The van der Waals surface area contributed by atoms with Gasteiger partial charge in [0.25, 0.3) is 0 Å². The smallest absolute Gasteiger partial charge is 0.187 e. The molecule has 0 aromatic carbocycles. The van der Waals surface area contributed by atoms with Crippen LogP contribution in [0.15, 0.2) is 0 Å². The Kier molecular flexibility index (Phi) is 13.0. The summed E-state index contributed by atoms with van der Waals surface area (Å²) in [5.41, 5.74) is -5.20. The Bertz CT molecular complexity index is 1910. The quantitative estimate of drug-likeness (QED) is 0.114. The average molecular weight is 735 g/mol. The van der Waals surface area contributed by atoms with E-state index in [2.05, 4.69) is 19.9 Å². The Morgan fingerprint density at radius 3 is 0.904 bits per heavy atom. The van der Waals surface area contributed by atoms with Crippen LogP contribution in [0.4, 0.5) is 35.1 Å². The van der Waals surface area contributed by atoms with Crippen LogP contribution in [0.2, 0.25) is 0 Å². The summed E-state index contributed by atoms with van der Waals surface area (Å²) in [5, 5.41) is 0. The number of hydrogen-bond acceptors (Lipinski definition) is 2.